The molecule has 0 radical (unpaired) electrons. The third-order valence-corrected chi connectivity index (χ3v) is 8.47. The predicted molar refractivity (Wildman–Crippen MR) is 156 cm³/mol. The summed E-state index contributed by atoms with van der Waals surface area (Å²) < 4.78 is 0. The van der Waals surface area contributed by atoms with Crippen molar-refractivity contribution in [2.75, 3.05) is 13.1 Å². The smallest absolute Gasteiger partial charge is 0.240 e. The Kier molecular flexibility index (Phi) is 16.9. The number of hydrogen-bond acceptors (Lipinski definition) is 4. The number of rotatable bonds is 9. The van der Waals surface area contributed by atoms with E-state index in [9.17, 15) is 19.2 Å². The average molecular weight is 549 g/mol. The topological polar surface area (TPSA) is 122 Å². The van der Waals surface area contributed by atoms with Crippen LogP contribution in [0.4, 0.5) is 0 Å². The molecule has 4 N–H and O–H groups in total. The quantitative estimate of drug-likeness (QED) is 0.370. The molecule has 2 rings (SSSR count). The molecular weight excluding hydrogens is 492 g/mol. The highest BCUT2D eigenvalue weighted by molar-refractivity contribution is 5.88. The van der Waals surface area contributed by atoms with E-state index in [-0.39, 0.29) is 42.5 Å². The molecule has 0 aromatic rings. The molecule has 8 heteroatoms. The van der Waals surface area contributed by atoms with E-state index in [0.29, 0.717) is 25.9 Å². The summed E-state index contributed by atoms with van der Waals surface area (Å²) in [5, 5.41) is 6.09. The second kappa shape index (κ2) is 19.9. The van der Waals surface area contributed by atoms with E-state index in [1.54, 1.807) is 0 Å². The van der Waals surface area contributed by atoms with Crippen LogP contribution in [0.3, 0.4) is 0 Å². The monoisotopic (exact) mass is 548 g/mol. The van der Waals surface area contributed by atoms with E-state index in [1.807, 2.05) is 6.92 Å². The first-order valence-corrected chi connectivity index (χ1v) is 16.1. The molecule has 0 aromatic heterocycles. The summed E-state index contributed by atoms with van der Waals surface area (Å²) >= 11 is 0. The van der Waals surface area contributed by atoms with Gasteiger partial charge in [0.05, 0.1) is 0 Å². The highest BCUT2D eigenvalue weighted by Gasteiger charge is 2.35. The van der Waals surface area contributed by atoms with Crippen LogP contribution < -0.4 is 16.4 Å². The second-order valence-electron chi connectivity index (χ2n) is 11.9. The van der Waals surface area contributed by atoms with Crippen LogP contribution >= 0.6 is 0 Å². The molecule has 1 saturated heterocycles. The molecule has 0 spiro atoms. The van der Waals surface area contributed by atoms with E-state index in [2.05, 4.69) is 10.6 Å². The molecule has 4 amide bonds. The van der Waals surface area contributed by atoms with Gasteiger partial charge < -0.3 is 21.3 Å². The van der Waals surface area contributed by atoms with Crippen molar-refractivity contribution in [1.82, 2.24) is 15.5 Å². The van der Waals surface area contributed by atoms with Crippen molar-refractivity contribution in [2.24, 2.45) is 11.7 Å². The zero-order valence-electron chi connectivity index (χ0n) is 24.7. The third-order valence-electron chi connectivity index (χ3n) is 8.47. The molecule has 1 aliphatic carbocycles. The first-order chi connectivity index (χ1) is 18.9. The van der Waals surface area contributed by atoms with Crippen LogP contribution in [0.2, 0.25) is 0 Å². The van der Waals surface area contributed by atoms with Crippen LogP contribution in [0.1, 0.15) is 142 Å². The highest BCUT2D eigenvalue weighted by Crippen LogP contribution is 2.21. The third kappa shape index (κ3) is 14.2. The Morgan fingerprint density at radius 1 is 0.795 bits per heavy atom. The molecule has 224 valence electrons. The minimum atomic E-state index is -0.588. The fourth-order valence-corrected chi connectivity index (χ4v) is 6.06. The van der Waals surface area contributed by atoms with E-state index >= 15 is 0 Å². The number of carbonyl (C=O) groups is 4. The molecule has 2 aliphatic rings. The van der Waals surface area contributed by atoms with Crippen molar-refractivity contribution in [3.8, 4) is 0 Å². The number of carbonyl (C=O) groups excluding carboxylic acids is 4. The summed E-state index contributed by atoms with van der Waals surface area (Å²) in [5.41, 5.74) is 5.43. The fraction of sp³-hybridized carbons (Fsp3) is 0.871. The molecule has 1 heterocycles. The molecular formula is C31H56N4O4. The van der Waals surface area contributed by atoms with Gasteiger partial charge in [-0.2, -0.15) is 0 Å². The van der Waals surface area contributed by atoms with Gasteiger partial charge in [-0.1, -0.05) is 103 Å². The number of primary amides is 1. The summed E-state index contributed by atoms with van der Waals surface area (Å²) in [5.74, 6) is -0.865. The molecule has 0 aromatic carbocycles. The lowest BCUT2D eigenvalue weighted by atomic mass is 9.98. The lowest BCUT2D eigenvalue weighted by Gasteiger charge is -2.24. The van der Waals surface area contributed by atoms with Gasteiger partial charge in [0.1, 0.15) is 6.04 Å². The Balaban J connectivity index is 1.69. The van der Waals surface area contributed by atoms with Crippen molar-refractivity contribution >= 4 is 23.6 Å². The summed E-state index contributed by atoms with van der Waals surface area (Å²) in [6.45, 7) is 2.61. The van der Waals surface area contributed by atoms with Crippen LogP contribution in [0, 0.1) is 5.92 Å². The Morgan fingerprint density at radius 2 is 1.26 bits per heavy atom. The molecule has 2 fully saturated rings. The van der Waals surface area contributed by atoms with Crippen LogP contribution in [0.15, 0.2) is 0 Å². The largest absolute Gasteiger partial charge is 0.368 e. The van der Waals surface area contributed by atoms with Gasteiger partial charge in [-0.05, 0) is 19.3 Å². The highest BCUT2D eigenvalue weighted by atomic mass is 16.2. The Labute approximate surface area is 237 Å². The lowest BCUT2D eigenvalue weighted by molar-refractivity contribution is -0.136. The van der Waals surface area contributed by atoms with E-state index in [0.717, 1.165) is 25.7 Å². The average Bonchev–Trinajstić information content (AvgIpc) is 3.27. The van der Waals surface area contributed by atoms with Crippen molar-refractivity contribution in [1.29, 1.82) is 0 Å². The number of amides is 4. The molecule has 0 bridgehead atoms. The standard InChI is InChI=1S/C31H56N4O4/c1-2-27(31(32)39)35-24-25(22-30(35)38)23-33-28(36)20-21-29(37)34-26-18-16-14-12-10-8-6-4-3-5-7-9-11-13-15-17-19-26/h25-27H,2-24H2,1H3,(H2,32,39)(H,33,36)(H,34,37)/t25?,27-/m1/s1. The minimum Gasteiger partial charge on any atom is -0.368 e. The molecule has 1 unspecified atom stereocenters. The van der Waals surface area contributed by atoms with Gasteiger partial charge in [0.25, 0.3) is 0 Å². The Hall–Kier alpha value is -2.12. The number of hydrogen-bond donors (Lipinski definition) is 3. The maximum Gasteiger partial charge on any atom is 0.240 e. The molecule has 39 heavy (non-hydrogen) atoms. The van der Waals surface area contributed by atoms with Crippen LogP contribution in [-0.4, -0.2) is 53.7 Å². The molecule has 8 nitrogen and oxygen atoms in total. The van der Waals surface area contributed by atoms with Gasteiger partial charge in [0, 0.05) is 44.3 Å². The van der Waals surface area contributed by atoms with Crippen LogP contribution in [0.25, 0.3) is 0 Å². The lowest BCUT2D eigenvalue weighted by Crippen LogP contribution is -2.45. The number of nitrogens with one attached hydrogen (secondary N) is 2. The second-order valence-corrected chi connectivity index (χ2v) is 11.9. The fourth-order valence-electron chi connectivity index (χ4n) is 6.06. The maximum absolute atomic E-state index is 12.7. The van der Waals surface area contributed by atoms with Gasteiger partial charge >= 0.3 is 0 Å². The summed E-state index contributed by atoms with van der Waals surface area (Å²) in [6, 6.07) is -0.387. The van der Waals surface area contributed by atoms with Gasteiger partial charge in [-0.3, -0.25) is 19.2 Å². The zero-order chi connectivity index (χ0) is 28.3. The van der Waals surface area contributed by atoms with Crippen molar-refractivity contribution in [3.05, 3.63) is 0 Å². The van der Waals surface area contributed by atoms with E-state index in [4.69, 9.17) is 5.73 Å². The van der Waals surface area contributed by atoms with Crippen LogP contribution in [0.5, 0.6) is 0 Å². The first kappa shape index (κ1) is 33.1. The number of nitrogens with zero attached hydrogens (tertiary/aromatic N) is 1. The Morgan fingerprint density at radius 3 is 1.72 bits per heavy atom. The van der Waals surface area contributed by atoms with Gasteiger partial charge in [0.15, 0.2) is 0 Å². The maximum atomic E-state index is 12.7. The minimum absolute atomic E-state index is 0.0455. The predicted octanol–water partition coefficient (Wildman–Crippen LogP) is 5.13. The molecule has 1 aliphatic heterocycles. The molecule has 2 atom stereocenters. The summed E-state index contributed by atoms with van der Waals surface area (Å²) in [7, 11) is 0. The van der Waals surface area contributed by atoms with Crippen molar-refractivity contribution in [3.63, 3.8) is 0 Å². The van der Waals surface area contributed by atoms with Gasteiger partial charge in [-0.25, -0.2) is 0 Å². The van der Waals surface area contributed by atoms with Gasteiger partial charge in [-0.15, -0.1) is 0 Å². The number of nitrogens with two attached hydrogens (primary N) is 1. The van der Waals surface area contributed by atoms with E-state index in [1.165, 1.54) is 88.4 Å². The Bertz CT molecular complexity index is 726. The van der Waals surface area contributed by atoms with E-state index < -0.39 is 11.9 Å². The van der Waals surface area contributed by atoms with Crippen molar-refractivity contribution < 1.29 is 19.2 Å². The summed E-state index contributed by atoms with van der Waals surface area (Å²) in [6.07, 6.45) is 22.8. The normalized spacial score (nSPS) is 22.4. The zero-order valence-corrected chi connectivity index (χ0v) is 24.7. The first-order valence-electron chi connectivity index (χ1n) is 16.1. The van der Waals surface area contributed by atoms with Gasteiger partial charge in [0.2, 0.25) is 23.6 Å². The van der Waals surface area contributed by atoms with Crippen molar-refractivity contribution in [2.45, 2.75) is 154 Å². The SMILES string of the molecule is CC[C@H](C(N)=O)N1CC(CNC(=O)CCC(=O)NC2CCCCCCCCCCCCCCCCC2)CC1=O. The number of likely N-dealkylation sites (tertiary alicyclic amines) is 1. The molecule has 1 saturated carbocycles. The summed E-state index contributed by atoms with van der Waals surface area (Å²) in [4.78, 5) is 50.5. The van der Waals surface area contributed by atoms with Crippen LogP contribution in [-0.2, 0) is 19.2 Å².